The summed E-state index contributed by atoms with van der Waals surface area (Å²) in [5, 5.41) is 7.52. The van der Waals surface area contributed by atoms with Crippen LogP contribution in [0.15, 0.2) is 28.8 Å². The molecule has 3 heterocycles. The van der Waals surface area contributed by atoms with Crippen molar-refractivity contribution in [1.29, 1.82) is 0 Å². The zero-order valence-electron chi connectivity index (χ0n) is 18.2. The minimum absolute atomic E-state index is 0.0607. The van der Waals surface area contributed by atoms with E-state index in [-0.39, 0.29) is 17.7 Å². The molecule has 0 unspecified atom stereocenters. The fourth-order valence-corrected chi connectivity index (χ4v) is 3.83. The Labute approximate surface area is 180 Å². The third-order valence-corrected chi connectivity index (χ3v) is 5.52. The zero-order chi connectivity index (χ0) is 22.1. The highest BCUT2D eigenvalue weighted by Crippen LogP contribution is 2.34. The van der Waals surface area contributed by atoms with Gasteiger partial charge in [-0.05, 0) is 49.9 Å². The number of aryl methyl sites for hydroxylation is 1. The Hall–Kier alpha value is -3.42. The molecule has 8 nitrogen and oxygen atoms in total. The number of nitrogens with one attached hydrogen (secondary N) is 1. The number of carbonyl (C=O) groups excluding carboxylic acids is 2. The summed E-state index contributed by atoms with van der Waals surface area (Å²) >= 11 is 0. The number of hydrogen-bond acceptors (Lipinski definition) is 6. The van der Waals surface area contributed by atoms with Crippen molar-refractivity contribution >= 4 is 34.3 Å². The van der Waals surface area contributed by atoms with E-state index in [1.54, 1.807) is 43.2 Å². The number of rotatable bonds is 5. The lowest BCUT2D eigenvalue weighted by atomic mass is 10.0. The highest BCUT2D eigenvalue weighted by Gasteiger charge is 2.24. The zero-order valence-corrected chi connectivity index (χ0v) is 18.2. The maximum atomic E-state index is 13.2. The van der Waals surface area contributed by atoms with Gasteiger partial charge in [0, 0.05) is 24.3 Å². The maximum absolute atomic E-state index is 13.2. The lowest BCUT2D eigenvalue weighted by Crippen LogP contribution is -2.35. The summed E-state index contributed by atoms with van der Waals surface area (Å²) in [7, 11) is 1.57. The smallest absolute Gasteiger partial charge is 0.259 e. The topological polar surface area (TPSA) is 97.6 Å². The number of amides is 2. The van der Waals surface area contributed by atoms with Gasteiger partial charge in [-0.2, -0.15) is 0 Å². The summed E-state index contributed by atoms with van der Waals surface area (Å²) in [5.74, 6) is 0.489. The van der Waals surface area contributed by atoms with Crippen LogP contribution in [0.2, 0.25) is 0 Å². The first-order chi connectivity index (χ1) is 14.9. The fourth-order valence-electron chi connectivity index (χ4n) is 3.83. The van der Waals surface area contributed by atoms with Gasteiger partial charge in [0.1, 0.15) is 5.75 Å². The summed E-state index contributed by atoms with van der Waals surface area (Å²) < 4.78 is 10.8. The number of ether oxygens (including phenoxy) is 1. The van der Waals surface area contributed by atoms with E-state index >= 15 is 0 Å². The van der Waals surface area contributed by atoms with Crippen LogP contribution in [0, 0.1) is 6.92 Å². The molecule has 1 fully saturated rings. The van der Waals surface area contributed by atoms with Gasteiger partial charge >= 0.3 is 0 Å². The molecule has 1 saturated heterocycles. The maximum Gasteiger partial charge on any atom is 0.259 e. The second-order valence-electron chi connectivity index (χ2n) is 8.04. The van der Waals surface area contributed by atoms with Crippen molar-refractivity contribution in [2.75, 3.05) is 23.9 Å². The average Bonchev–Trinajstić information content (AvgIpc) is 3.14. The molecular weight excluding hydrogens is 396 g/mol. The van der Waals surface area contributed by atoms with Gasteiger partial charge in [0.2, 0.25) is 5.91 Å². The Balaban J connectivity index is 1.70. The van der Waals surface area contributed by atoms with Crippen LogP contribution in [-0.2, 0) is 4.79 Å². The molecule has 0 bridgehead atoms. The van der Waals surface area contributed by atoms with Crippen molar-refractivity contribution < 1.29 is 18.8 Å². The Morgan fingerprint density at radius 3 is 2.77 bits per heavy atom. The molecule has 2 amide bonds. The van der Waals surface area contributed by atoms with Crippen LogP contribution in [0.4, 0.5) is 11.4 Å². The summed E-state index contributed by atoms with van der Waals surface area (Å²) in [4.78, 5) is 31.9. The van der Waals surface area contributed by atoms with Crippen molar-refractivity contribution in [3.63, 3.8) is 0 Å². The lowest BCUT2D eigenvalue weighted by Gasteiger charge is -2.28. The van der Waals surface area contributed by atoms with Crippen LogP contribution in [0.25, 0.3) is 11.1 Å². The Morgan fingerprint density at radius 1 is 1.26 bits per heavy atom. The molecule has 0 saturated carbocycles. The van der Waals surface area contributed by atoms with E-state index in [0.717, 1.165) is 18.5 Å². The van der Waals surface area contributed by atoms with Crippen LogP contribution in [0.1, 0.15) is 60.8 Å². The third-order valence-electron chi connectivity index (χ3n) is 5.52. The number of benzene rings is 1. The quantitative estimate of drug-likeness (QED) is 0.653. The van der Waals surface area contributed by atoms with Gasteiger partial charge in [-0.25, -0.2) is 4.98 Å². The van der Waals surface area contributed by atoms with Crippen LogP contribution in [-0.4, -0.2) is 35.6 Å². The molecule has 1 aromatic carbocycles. The largest absolute Gasteiger partial charge is 0.495 e. The second-order valence-corrected chi connectivity index (χ2v) is 8.04. The monoisotopic (exact) mass is 422 g/mol. The summed E-state index contributed by atoms with van der Waals surface area (Å²) in [6.45, 7) is 6.43. The number of hydrogen-bond donors (Lipinski definition) is 1. The minimum Gasteiger partial charge on any atom is -0.495 e. The molecule has 4 rings (SSSR count). The molecule has 3 aromatic rings. The van der Waals surface area contributed by atoms with Gasteiger partial charge in [-0.3, -0.25) is 9.59 Å². The average molecular weight is 422 g/mol. The number of fused-ring (bicyclic) bond motifs is 1. The molecule has 0 radical (unpaired) electrons. The van der Waals surface area contributed by atoms with Crippen LogP contribution in [0.3, 0.4) is 0 Å². The SMILES string of the molecule is COc1ccc(NC(=O)c2cc(C(C)C)nc3onc(C)c23)cc1N1CCCCC1=O. The number of carbonyl (C=O) groups is 2. The van der Waals surface area contributed by atoms with Gasteiger partial charge in [0.25, 0.3) is 11.6 Å². The van der Waals surface area contributed by atoms with Crippen molar-refractivity contribution in [1.82, 2.24) is 10.1 Å². The van der Waals surface area contributed by atoms with E-state index in [1.165, 1.54) is 0 Å². The van der Waals surface area contributed by atoms with Crippen LogP contribution in [0.5, 0.6) is 5.75 Å². The van der Waals surface area contributed by atoms with E-state index in [9.17, 15) is 9.59 Å². The first kappa shape index (κ1) is 20.8. The summed E-state index contributed by atoms with van der Waals surface area (Å²) in [5.41, 5.74) is 3.40. The highest BCUT2D eigenvalue weighted by atomic mass is 16.5. The first-order valence-electron chi connectivity index (χ1n) is 10.5. The summed E-state index contributed by atoms with van der Waals surface area (Å²) in [6.07, 6.45) is 2.34. The molecular formula is C23H26N4O4. The Morgan fingerprint density at radius 2 is 2.06 bits per heavy atom. The molecule has 31 heavy (non-hydrogen) atoms. The Bertz CT molecular complexity index is 1150. The van der Waals surface area contributed by atoms with E-state index in [0.29, 0.717) is 52.4 Å². The number of piperidine rings is 1. The first-order valence-corrected chi connectivity index (χ1v) is 10.5. The van der Waals surface area contributed by atoms with E-state index in [2.05, 4.69) is 15.5 Å². The van der Waals surface area contributed by atoms with Crippen molar-refractivity contribution in [3.05, 3.63) is 41.2 Å². The van der Waals surface area contributed by atoms with Gasteiger partial charge < -0.3 is 19.5 Å². The van der Waals surface area contributed by atoms with E-state index in [4.69, 9.17) is 9.26 Å². The molecule has 162 valence electrons. The van der Waals surface area contributed by atoms with Gasteiger partial charge in [-0.15, -0.1) is 0 Å². The molecule has 8 heteroatoms. The van der Waals surface area contributed by atoms with Crippen LogP contribution >= 0.6 is 0 Å². The predicted molar refractivity (Wildman–Crippen MR) is 118 cm³/mol. The second kappa shape index (κ2) is 8.37. The molecule has 1 aliphatic heterocycles. The minimum atomic E-state index is -0.290. The molecule has 0 atom stereocenters. The van der Waals surface area contributed by atoms with Crippen molar-refractivity contribution in [2.24, 2.45) is 0 Å². The van der Waals surface area contributed by atoms with E-state index < -0.39 is 0 Å². The number of aromatic nitrogens is 2. The highest BCUT2D eigenvalue weighted by molar-refractivity contribution is 6.12. The normalized spacial score (nSPS) is 14.4. The Kier molecular flexibility index (Phi) is 5.63. The van der Waals surface area contributed by atoms with E-state index in [1.807, 2.05) is 13.8 Å². The molecule has 1 aliphatic rings. The third kappa shape index (κ3) is 3.97. The molecule has 0 aliphatic carbocycles. The van der Waals surface area contributed by atoms with Gasteiger partial charge in [0.15, 0.2) is 0 Å². The standard InChI is InChI=1S/C23H26N4O4/c1-13(2)17-12-16(21-14(3)26-31-23(21)25-17)22(29)24-15-8-9-19(30-4)18(11-15)27-10-6-5-7-20(27)28/h8-9,11-13H,5-7,10H2,1-4H3,(H,24,29). The fraction of sp³-hybridized carbons (Fsp3) is 0.391. The van der Waals surface area contributed by atoms with Crippen LogP contribution < -0.4 is 15.0 Å². The number of methoxy groups -OCH3 is 1. The number of nitrogens with zero attached hydrogens (tertiary/aromatic N) is 3. The van der Waals surface area contributed by atoms with Gasteiger partial charge in [0.05, 0.1) is 29.4 Å². The van der Waals surface area contributed by atoms with Crippen molar-refractivity contribution in [3.8, 4) is 5.75 Å². The number of anilines is 2. The summed E-state index contributed by atoms with van der Waals surface area (Å²) in [6, 6.07) is 7.09. The van der Waals surface area contributed by atoms with Crippen molar-refractivity contribution in [2.45, 2.75) is 46.0 Å². The molecule has 2 aromatic heterocycles. The molecule has 1 N–H and O–H groups in total. The van der Waals surface area contributed by atoms with Gasteiger partial charge in [-0.1, -0.05) is 19.0 Å². The lowest BCUT2D eigenvalue weighted by molar-refractivity contribution is -0.119. The predicted octanol–water partition coefficient (Wildman–Crippen LogP) is 4.43. The number of pyridine rings is 1. The molecule has 0 spiro atoms.